The van der Waals surface area contributed by atoms with E-state index in [0.717, 1.165) is 25.4 Å². The van der Waals surface area contributed by atoms with Gasteiger partial charge in [0.15, 0.2) is 0 Å². The molecule has 4 heteroatoms. The molecule has 1 saturated heterocycles. The summed E-state index contributed by atoms with van der Waals surface area (Å²) in [5, 5.41) is 0. The van der Waals surface area contributed by atoms with Crippen LogP contribution in [0.4, 0.5) is 5.69 Å². The molecule has 0 radical (unpaired) electrons. The van der Waals surface area contributed by atoms with Gasteiger partial charge in [0.1, 0.15) is 5.75 Å². The molecule has 1 atom stereocenters. The van der Waals surface area contributed by atoms with Gasteiger partial charge in [0, 0.05) is 43.3 Å². The average molecular weight is 283 g/mol. The molecule has 0 saturated carbocycles. The molecule has 0 aliphatic carbocycles. The van der Waals surface area contributed by atoms with Gasteiger partial charge in [0.05, 0.1) is 13.2 Å². The van der Waals surface area contributed by atoms with E-state index >= 15 is 0 Å². The first kappa shape index (κ1) is 13.9. The van der Waals surface area contributed by atoms with Crippen LogP contribution in [-0.2, 0) is 0 Å². The highest BCUT2D eigenvalue weighted by atomic mass is 16.5. The molecule has 0 bridgehead atoms. The number of likely N-dealkylation sites (N-methyl/N-ethyl adjacent to an activating group) is 1. The number of rotatable bonds is 3. The minimum atomic E-state index is 0.336. The summed E-state index contributed by atoms with van der Waals surface area (Å²) in [4.78, 5) is 8.92. The van der Waals surface area contributed by atoms with Crippen molar-refractivity contribution in [2.24, 2.45) is 0 Å². The zero-order valence-corrected chi connectivity index (χ0v) is 12.6. The summed E-state index contributed by atoms with van der Waals surface area (Å²) in [5.41, 5.74) is 2.49. The van der Waals surface area contributed by atoms with E-state index in [1.807, 2.05) is 24.5 Å². The Morgan fingerprint density at radius 3 is 2.62 bits per heavy atom. The summed E-state index contributed by atoms with van der Waals surface area (Å²) in [6.45, 7) is 3.03. The maximum absolute atomic E-state index is 5.53. The van der Waals surface area contributed by atoms with Crippen molar-refractivity contribution in [2.45, 2.75) is 6.04 Å². The maximum atomic E-state index is 5.53. The standard InChI is InChI=1S/C17H21N3O/c1-19-11-12-20(14-7-9-18-10-8-14)13-16(19)15-5-3-4-6-17(15)21-2/h3-10,16H,11-13H2,1-2H3/t16-/m0/s1. The predicted octanol–water partition coefficient (Wildman–Crippen LogP) is 2.58. The fraction of sp³-hybridized carbons (Fsp3) is 0.353. The molecule has 1 fully saturated rings. The molecule has 1 aliphatic heterocycles. The Bertz CT molecular complexity index is 588. The van der Waals surface area contributed by atoms with E-state index in [1.165, 1.54) is 11.3 Å². The lowest BCUT2D eigenvalue weighted by Gasteiger charge is -2.41. The summed E-state index contributed by atoms with van der Waals surface area (Å²) in [6.07, 6.45) is 3.71. The lowest BCUT2D eigenvalue weighted by Crippen LogP contribution is -2.46. The molecule has 4 nitrogen and oxygen atoms in total. The minimum absolute atomic E-state index is 0.336. The molecule has 3 rings (SSSR count). The van der Waals surface area contributed by atoms with Gasteiger partial charge in [-0.3, -0.25) is 9.88 Å². The van der Waals surface area contributed by atoms with Gasteiger partial charge in [-0.15, -0.1) is 0 Å². The van der Waals surface area contributed by atoms with Crippen LogP contribution < -0.4 is 9.64 Å². The van der Waals surface area contributed by atoms with Crippen LogP contribution in [0.5, 0.6) is 5.75 Å². The number of pyridine rings is 1. The Labute approximate surface area is 126 Å². The van der Waals surface area contributed by atoms with Gasteiger partial charge in [-0.25, -0.2) is 0 Å². The first-order chi connectivity index (χ1) is 10.3. The van der Waals surface area contributed by atoms with Crippen molar-refractivity contribution in [1.29, 1.82) is 0 Å². The van der Waals surface area contributed by atoms with Crippen molar-refractivity contribution in [3.8, 4) is 5.75 Å². The van der Waals surface area contributed by atoms with Crippen LogP contribution in [0.3, 0.4) is 0 Å². The molecular formula is C17H21N3O. The summed E-state index contributed by atoms with van der Waals surface area (Å²) in [6, 6.07) is 12.8. The Morgan fingerprint density at radius 1 is 1.10 bits per heavy atom. The second kappa shape index (κ2) is 6.14. The lowest BCUT2D eigenvalue weighted by molar-refractivity contribution is 0.216. The van der Waals surface area contributed by atoms with Gasteiger partial charge >= 0.3 is 0 Å². The highest BCUT2D eigenvalue weighted by Gasteiger charge is 2.27. The molecule has 110 valence electrons. The van der Waals surface area contributed by atoms with Crippen molar-refractivity contribution < 1.29 is 4.74 Å². The number of ether oxygens (including phenoxy) is 1. The van der Waals surface area contributed by atoms with Crippen LogP contribution in [-0.4, -0.2) is 43.7 Å². The predicted molar refractivity (Wildman–Crippen MR) is 84.8 cm³/mol. The Hall–Kier alpha value is -2.07. The van der Waals surface area contributed by atoms with E-state index in [0.29, 0.717) is 6.04 Å². The van der Waals surface area contributed by atoms with Crippen LogP contribution in [0.1, 0.15) is 11.6 Å². The number of hydrogen-bond acceptors (Lipinski definition) is 4. The Balaban J connectivity index is 1.87. The van der Waals surface area contributed by atoms with E-state index in [4.69, 9.17) is 4.74 Å². The number of methoxy groups -OCH3 is 1. The van der Waals surface area contributed by atoms with E-state index in [2.05, 4.69) is 46.1 Å². The smallest absolute Gasteiger partial charge is 0.123 e. The first-order valence-electron chi connectivity index (χ1n) is 7.27. The molecule has 1 aliphatic rings. The number of hydrogen-bond donors (Lipinski definition) is 0. The van der Waals surface area contributed by atoms with E-state index < -0.39 is 0 Å². The van der Waals surface area contributed by atoms with Gasteiger partial charge in [0.2, 0.25) is 0 Å². The van der Waals surface area contributed by atoms with E-state index in [-0.39, 0.29) is 0 Å². The Kier molecular flexibility index (Phi) is 4.06. The molecule has 0 unspecified atom stereocenters. The van der Waals surface area contributed by atoms with Crippen LogP contribution >= 0.6 is 0 Å². The van der Waals surface area contributed by atoms with Crippen molar-refractivity contribution in [2.75, 3.05) is 38.7 Å². The number of aromatic nitrogens is 1. The second-order valence-electron chi connectivity index (χ2n) is 5.39. The SMILES string of the molecule is COc1ccccc1[C@@H]1CN(c2ccncc2)CCN1C. The average Bonchev–Trinajstić information content (AvgIpc) is 2.56. The molecule has 1 aromatic heterocycles. The molecule has 0 amide bonds. The van der Waals surface area contributed by atoms with Crippen molar-refractivity contribution in [1.82, 2.24) is 9.88 Å². The number of piperazine rings is 1. The second-order valence-corrected chi connectivity index (χ2v) is 5.39. The highest BCUT2D eigenvalue weighted by Crippen LogP contribution is 2.32. The van der Waals surface area contributed by atoms with Crippen molar-refractivity contribution >= 4 is 5.69 Å². The highest BCUT2D eigenvalue weighted by molar-refractivity contribution is 5.47. The van der Waals surface area contributed by atoms with Gasteiger partial charge in [-0.1, -0.05) is 18.2 Å². The van der Waals surface area contributed by atoms with E-state index in [9.17, 15) is 0 Å². The zero-order valence-electron chi connectivity index (χ0n) is 12.6. The quantitative estimate of drug-likeness (QED) is 0.865. The van der Waals surface area contributed by atoms with Crippen molar-refractivity contribution in [3.05, 3.63) is 54.4 Å². The lowest BCUT2D eigenvalue weighted by atomic mass is 10.0. The minimum Gasteiger partial charge on any atom is -0.496 e. The molecule has 1 aromatic carbocycles. The first-order valence-corrected chi connectivity index (χ1v) is 7.27. The topological polar surface area (TPSA) is 28.6 Å². The number of anilines is 1. The normalized spacial score (nSPS) is 19.5. The summed E-state index contributed by atoms with van der Waals surface area (Å²) in [5.74, 6) is 0.964. The fourth-order valence-electron chi connectivity index (χ4n) is 2.94. The van der Waals surface area contributed by atoms with Crippen LogP contribution in [0, 0.1) is 0 Å². The van der Waals surface area contributed by atoms with Crippen LogP contribution in [0.15, 0.2) is 48.8 Å². The van der Waals surface area contributed by atoms with Crippen LogP contribution in [0.25, 0.3) is 0 Å². The third-order valence-electron chi connectivity index (χ3n) is 4.17. The number of benzene rings is 1. The molecule has 0 spiro atoms. The molecule has 21 heavy (non-hydrogen) atoms. The summed E-state index contributed by atoms with van der Waals surface area (Å²) >= 11 is 0. The molecule has 2 aromatic rings. The largest absolute Gasteiger partial charge is 0.496 e. The third-order valence-corrected chi connectivity index (χ3v) is 4.17. The number of nitrogens with zero attached hydrogens (tertiary/aromatic N) is 3. The van der Waals surface area contributed by atoms with Gasteiger partial charge in [-0.2, -0.15) is 0 Å². The molecular weight excluding hydrogens is 262 g/mol. The van der Waals surface area contributed by atoms with Crippen molar-refractivity contribution in [3.63, 3.8) is 0 Å². The van der Waals surface area contributed by atoms with Gasteiger partial charge < -0.3 is 9.64 Å². The maximum Gasteiger partial charge on any atom is 0.123 e. The monoisotopic (exact) mass is 283 g/mol. The Morgan fingerprint density at radius 2 is 1.86 bits per heavy atom. The third kappa shape index (κ3) is 2.85. The fourth-order valence-corrected chi connectivity index (χ4v) is 2.94. The van der Waals surface area contributed by atoms with E-state index in [1.54, 1.807) is 7.11 Å². The number of para-hydroxylation sites is 1. The summed E-state index contributed by atoms with van der Waals surface area (Å²) < 4.78 is 5.53. The van der Waals surface area contributed by atoms with Crippen LogP contribution in [0.2, 0.25) is 0 Å². The van der Waals surface area contributed by atoms with Gasteiger partial charge in [-0.05, 0) is 25.2 Å². The zero-order chi connectivity index (χ0) is 14.7. The van der Waals surface area contributed by atoms with Gasteiger partial charge in [0.25, 0.3) is 0 Å². The summed E-state index contributed by atoms with van der Waals surface area (Å²) in [7, 11) is 3.92. The molecule has 0 N–H and O–H groups in total. The molecule has 2 heterocycles.